The summed E-state index contributed by atoms with van der Waals surface area (Å²) in [5, 5.41) is 9.91. The predicted octanol–water partition coefficient (Wildman–Crippen LogP) is 5.62. The number of hydrogen-bond donors (Lipinski definition) is 1. The maximum absolute atomic E-state index is 13.4. The Morgan fingerprint density at radius 3 is 2.11 bits per heavy atom. The van der Waals surface area contributed by atoms with E-state index in [0.29, 0.717) is 21.4 Å². The average molecular weight is 416 g/mol. The molecule has 1 aliphatic rings. The third-order valence-electron chi connectivity index (χ3n) is 4.31. The number of halogens is 2. The lowest BCUT2D eigenvalue weighted by Gasteiger charge is -2.23. The van der Waals surface area contributed by atoms with Crippen molar-refractivity contribution in [3.8, 4) is 0 Å². The minimum atomic E-state index is -1.64. The van der Waals surface area contributed by atoms with Crippen LogP contribution in [0.5, 0.6) is 0 Å². The molecule has 136 valence electrons. The fraction of sp³-hybridized carbons (Fsp3) is 0.0500. The second-order valence-electron chi connectivity index (χ2n) is 5.97. The summed E-state index contributed by atoms with van der Waals surface area (Å²) < 4.78 is 16.6. The van der Waals surface area contributed by atoms with Crippen molar-refractivity contribution in [1.82, 2.24) is 0 Å². The van der Waals surface area contributed by atoms with Crippen molar-refractivity contribution in [3.05, 3.63) is 94.5 Å². The number of para-hydroxylation sites is 1. The van der Waals surface area contributed by atoms with Crippen molar-refractivity contribution < 1.29 is 4.21 Å². The second kappa shape index (κ2) is 7.35. The second-order valence-corrected chi connectivity index (χ2v) is 8.04. The van der Waals surface area contributed by atoms with Crippen LogP contribution in [0.15, 0.2) is 78.9 Å². The van der Waals surface area contributed by atoms with Gasteiger partial charge >= 0.3 is 0 Å². The molecule has 1 N–H and O–H groups in total. The first-order valence-corrected chi connectivity index (χ1v) is 10.0. The highest BCUT2D eigenvalue weighted by atomic mass is 35.5. The van der Waals surface area contributed by atoms with Gasteiger partial charge in [0.25, 0.3) is 0 Å². The quantitative estimate of drug-likeness (QED) is 0.592. The van der Waals surface area contributed by atoms with E-state index in [-0.39, 0.29) is 5.84 Å². The molecule has 2 unspecified atom stereocenters. The first-order valence-electron chi connectivity index (χ1n) is 8.23. The summed E-state index contributed by atoms with van der Waals surface area (Å²) in [5.41, 5.74) is 2.12. The van der Waals surface area contributed by atoms with Crippen LogP contribution in [-0.2, 0) is 11.2 Å². The molecular weight excluding hydrogens is 401 g/mol. The molecule has 0 spiro atoms. The fourth-order valence-electron chi connectivity index (χ4n) is 3.07. The van der Waals surface area contributed by atoms with E-state index in [4.69, 9.17) is 28.6 Å². The fourth-order valence-corrected chi connectivity index (χ4v) is 4.88. The minimum Gasteiger partial charge on any atom is -0.285 e. The van der Waals surface area contributed by atoms with E-state index in [1.54, 1.807) is 34.6 Å². The Morgan fingerprint density at radius 2 is 1.44 bits per heavy atom. The van der Waals surface area contributed by atoms with Crippen LogP contribution in [0, 0.1) is 5.41 Å². The van der Waals surface area contributed by atoms with E-state index in [9.17, 15) is 4.21 Å². The van der Waals surface area contributed by atoms with Crippen LogP contribution in [0.3, 0.4) is 0 Å². The molecule has 1 fully saturated rings. The Labute approximate surface area is 170 Å². The van der Waals surface area contributed by atoms with Gasteiger partial charge in [-0.25, -0.2) is 8.51 Å². The van der Waals surface area contributed by atoms with Gasteiger partial charge in [-0.1, -0.05) is 59.6 Å². The molecule has 1 aliphatic heterocycles. The Bertz CT molecular complexity index is 1010. The van der Waals surface area contributed by atoms with Crippen LogP contribution in [0.4, 0.5) is 11.4 Å². The molecular formula is C20H15Cl2N3OS. The highest BCUT2D eigenvalue weighted by molar-refractivity contribution is 7.89. The summed E-state index contributed by atoms with van der Waals surface area (Å²) in [7, 11) is 0. The highest BCUT2D eigenvalue weighted by Crippen LogP contribution is 2.41. The number of nitrogens with one attached hydrogen (secondary N) is 1. The molecule has 3 aromatic rings. The van der Waals surface area contributed by atoms with Crippen LogP contribution in [0.25, 0.3) is 0 Å². The van der Waals surface area contributed by atoms with Crippen LogP contribution >= 0.6 is 23.2 Å². The lowest BCUT2D eigenvalue weighted by Crippen LogP contribution is -2.27. The van der Waals surface area contributed by atoms with Gasteiger partial charge in [-0.2, -0.15) is 0 Å². The average Bonchev–Trinajstić information content (AvgIpc) is 2.94. The van der Waals surface area contributed by atoms with Crippen molar-refractivity contribution in [2.45, 2.75) is 6.04 Å². The molecule has 4 nitrogen and oxygen atoms in total. The van der Waals surface area contributed by atoms with Crippen LogP contribution in [-0.4, -0.2) is 10.0 Å². The van der Waals surface area contributed by atoms with Gasteiger partial charge in [0.05, 0.1) is 11.4 Å². The molecule has 0 aromatic heterocycles. The van der Waals surface area contributed by atoms with E-state index in [0.717, 1.165) is 5.56 Å². The number of amidine groups is 1. The third kappa shape index (κ3) is 3.23. The molecule has 1 saturated heterocycles. The van der Waals surface area contributed by atoms with Gasteiger partial charge in [-0.3, -0.25) is 9.71 Å². The van der Waals surface area contributed by atoms with E-state index in [2.05, 4.69) is 0 Å². The maximum atomic E-state index is 13.4. The zero-order valence-corrected chi connectivity index (χ0v) is 16.4. The Morgan fingerprint density at radius 1 is 0.815 bits per heavy atom. The molecule has 0 radical (unpaired) electrons. The molecule has 1 heterocycles. The lowest BCUT2D eigenvalue weighted by molar-refractivity contribution is 0.682. The summed E-state index contributed by atoms with van der Waals surface area (Å²) in [6.45, 7) is 0. The molecule has 7 heteroatoms. The summed E-state index contributed by atoms with van der Waals surface area (Å²) >= 11 is 10.8. The Balaban J connectivity index is 1.87. The zero-order chi connectivity index (χ0) is 19.0. The molecule has 0 amide bonds. The predicted molar refractivity (Wildman–Crippen MR) is 113 cm³/mol. The molecule has 4 rings (SSSR count). The summed E-state index contributed by atoms with van der Waals surface area (Å²) in [4.78, 5) is 0. The molecule has 3 aromatic carbocycles. The van der Waals surface area contributed by atoms with Crippen molar-refractivity contribution in [3.63, 3.8) is 0 Å². The van der Waals surface area contributed by atoms with E-state index in [1.807, 2.05) is 48.5 Å². The molecule has 0 saturated carbocycles. The number of hydrogen-bond acceptors (Lipinski definition) is 2. The van der Waals surface area contributed by atoms with Crippen molar-refractivity contribution in [1.29, 1.82) is 5.41 Å². The maximum Gasteiger partial charge on any atom is 0.232 e. The van der Waals surface area contributed by atoms with E-state index in [1.165, 1.54) is 4.31 Å². The van der Waals surface area contributed by atoms with Crippen LogP contribution < -0.4 is 8.61 Å². The normalized spacial score (nSPS) is 19.6. The Hall–Kier alpha value is -2.34. The SMILES string of the molecule is N=C1C(c2ccccc2Cl)N(c2ccc(Cl)cc2)S(=O)N1c1ccccc1. The van der Waals surface area contributed by atoms with Crippen molar-refractivity contribution in [2.75, 3.05) is 8.61 Å². The third-order valence-corrected chi connectivity index (χ3v) is 6.38. The number of benzene rings is 3. The number of rotatable bonds is 3. The van der Waals surface area contributed by atoms with Gasteiger partial charge in [0, 0.05) is 15.6 Å². The van der Waals surface area contributed by atoms with Gasteiger partial charge in [-0.15, -0.1) is 0 Å². The molecule has 0 bridgehead atoms. The largest absolute Gasteiger partial charge is 0.285 e. The molecule has 2 atom stereocenters. The highest BCUT2D eigenvalue weighted by Gasteiger charge is 2.44. The first-order chi connectivity index (χ1) is 13.1. The van der Waals surface area contributed by atoms with Crippen molar-refractivity contribution >= 4 is 51.6 Å². The number of nitrogens with zero attached hydrogens (tertiary/aromatic N) is 2. The number of anilines is 2. The van der Waals surface area contributed by atoms with E-state index < -0.39 is 17.2 Å². The minimum absolute atomic E-state index is 0.197. The monoisotopic (exact) mass is 415 g/mol. The van der Waals surface area contributed by atoms with Gasteiger partial charge in [0.1, 0.15) is 11.9 Å². The van der Waals surface area contributed by atoms with Gasteiger partial charge in [-0.05, 0) is 42.5 Å². The van der Waals surface area contributed by atoms with Gasteiger partial charge < -0.3 is 0 Å². The van der Waals surface area contributed by atoms with Crippen LogP contribution in [0.1, 0.15) is 11.6 Å². The molecule has 0 aliphatic carbocycles. The summed E-state index contributed by atoms with van der Waals surface area (Å²) in [6.07, 6.45) is 0. The topological polar surface area (TPSA) is 47.4 Å². The van der Waals surface area contributed by atoms with Gasteiger partial charge in [0.2, 0.25) is 11.2 Å². The Kier molecular flexibility index (Phi) is 4.91. The van der Waals surface area contributed by atoms with Crippen molar-refractivity contribution in [2.24, 2.45) is 0 Å². The summed E-state index contributed by atoms with van der Waals surface area (Å²) in [5.74, 6) is 0.197. The smallest absolute Gasteiger partial charge is 0.232 e. The molecule has 27 heavy (non-hydrogen) atoms. The van der Waals surface area contributed by atoms with Crippen LogP contribution in [0.2, 0.25) is 10.0 Å². The first kappa shape index (κ1) is 18.0. The zero-order valence-electron chi connectivity index (χ0n) is 14.0. The lowest BCUT2D eigenvalue weighted by atomic mass is 10.0. The standard InChI is InChI=1S/C20H15Cl2N3OS/c21-14-10-12-16(13-11-14)24-19(17-8-4-5-9-18(17)22)20(23)25(27(24)26)15-6-2-1-3-7-15/h1-13,19,23H. The van der Waals surface area contributed by atoms with Gasteiger partial charge in [0.15, 0.2) is 0 Å². The summed E-state index contributed by atoms with van der Waals surface area (Å²) in [6, 6.07) is 23.1. The van der Waals surface area contributed by atoms with E-state index >= 15 is 0 Å².